The predicted molar refractivity (Wildman–Crippen MR) is 84.8 cm³/mol. The summed E-state index contributed by atoms with van der Waals surface area (Å²) in [7, 11) is 1.75. The highest BCUT2D eigenvalue weighted by Crippen LogP contribution is 2.28. The molecule has 4 heteroatoms. The number of benzene rings is 2. The first kappa shape index (κ1) is 16.0. The van der Waals surface area contributed by atoms with Crippen molar-refractivity contribution in [3.8, 4) is 0 Å². The van der Waals surface area contributed by atoms with Crippen LogP contribution < -0.4 is 5.32 Å². The monoisotopic (exact) mass is 307 g/mol. The van der Waals surface area contributed by atoms with Crippen LogP contribution in [0.2, 0.25) is 0 Å². The van der Waals surface area contributed by atoms with Gasteiger partial charge in [0.05, 0.1) is 6.04 Å². The Morgan fingerprint density at radius 1 is 1.05 bits per heavy atom. The first-order valence-electron chi connectivity index (χ1n) is 6.93. The van der Waals surface area contributed by atoms with Gasteiger partial charge in [0.25, 0.3) is 0 Å². The summed E-state index contributed by atoms with van der Waals surface area (Å²) in [5.74, 6) is -0.542. The largest absolute Gasteiger partial charge is 0.309 e. The molecule has 0 bridgehead atoms. The van der Waals surface area contributed by atoms with Crippen molar-refractivity contribution >= 4 is 11.8 Å². The van der Waals surface area contributed by atoms with Crippen LogP contribution in [0, 0.1) is 18.6 Å². The van der Waals surface area contributed by atoms with Crippen LogP contribution in [0.5, 0.6) is 0 Å². The van der Waals surface area contributed by atoms with Crippen molar-refractivity contribution in [2.24, 2.45) is 0 Å². The smallest absolute Gasteiger partial charge is 0.164 e. The fraction of sp³-hybridized carbons (Fsp3) is 0.294. The molecule has 0 aliphatic heterocycles. The average molecular weight is 307 g/mol. The first-order chi connectivity index (χ1) is 10.1. The fourth-order valence-electron chi connectivity index (χ4n) is 2.31. The molecule has 2 aromatic rings. The van der Waals surface area contributed by atoms with Crippen LogP contribution in [0.15, 0.2) is 41.3 Å². The molecule has 0 radical (unpaired) electrons. The number of hydrogen-bond acceptors (Lipinski definition) is 2. The van der Waals surface area contributed by atoms with Gasteiger partial charge in [-0.05, 0) is 43.0 Å². The number of halogens is 2. The van der Waals surface area contributed by atoms with Gasteiger partial charge in [-0.15, -0.1) is 11.8 Å². The quantitative estimate of drug-likeness (QED) is 0.804. The van der Waals surface area contributed by atoms with Crippen molar-refractivity contribution in [1.29, 1.82) is 0 Å². The predicted octanol–water partition coefficient (Wildman–Crippen LogP) is 4.69. The summed E-state index contributed by atoms with van der Waals surface area (Å²) in [6, 6.07) is 10.8. The third-order valence-electron chi connectivity index (χ3n) is 3.43. The molecule has 2 rings (SSSR count). The van der Waals surface area contributed by atoms with Crippen LogP contribution in [0.3, 0.4) is 0 Å². The first-order valence-corrected chi connectivity index (χ1v) is 7.91. The van der Waals surface area contributed by atoms with E-state index in [-0.39, 0.29) is 6.04 Å². The lowest BCUT2D eigenvalue weighted by Crippen LogP contribution is -2.19. The SMILES string of the molecule is CCSc1ccc(C(NC)c2ccc(C)c(F)c2F)cc1. The summed E-state index contributed by atoms with van der Waals surface area (Å²) in [5, 5.41) is 3.06. The van der Waals surface area contributed by atoms with E-state index in [0.29, 0.717) is 11.1 Å². The zero-order valence-corrected chi connectivity index (χ0v) is 13.2. The number of aryl methyl sites for hydroxylation is 1. The summed E-state index contributed by atoms with van der Waals surface area (Å²) < 4.78 is 27.9. The van der Waals surface area contributed by atoms with Crippen LogP contribution in [-0.2, 0) is 0 Å². The Bertz CT molecular complexity index is 611. The fourth-order valence-corrected chi connectivity index (χ4v) is 2.97. The molecule has 21 heavy (non-hydrogen) atoms. The minimum atomic E-state index is -0.777. The normalized spacial score (nSPS) is 12.4. The topological polar surface area (TPSA) is 12.0 Å². The van der Waals surface area contributed by atoms with Crippen molar-refractivity contribution < 1.29 is 8.78 Å². The summed E-state index contributed by atoms with van der Waals surface area (Å²) in [5.41, 5.74) is 1.57. The van der Waals surface area contributed by atoms with E-state index < -0.39 is 11.6 Å². The van der Waals surface area contributed by atoms with E-state index in [4.69, 9.17) is 0 Å². The summed E-state index contributed by atoms with van der Waals surface area (Å²) in [6.07, 6.45) is 0. The second-order valence-corrected chi connectivity index (χ2v) is 6.16. The number of thioether (sulfide) groups is 1. The van der Waals surface area contributed by atoms with Gasteiger partial charge in [-0.1, -0.05) is 31.2 Å². The molecule has 0 heterocycles. The van der Waals surface area contributed by atoms with Crippen molar-refractivity contribution in [3.63, 3.8) is 0 Å². The van der Waals surface area contributed by atoms with Gasteiger partial charge in [0.2, 0.25) is 0 Å². The molecule has 0 saturated carbocycles. The van der Waals surface area contributed by atoms with Crippen LogP contribution in [0.25, 0.3) is 0 Å². The lowest BCUT2D eigenvalue weighted by Gasteiger charge is -2.19. The van der Waals surface area contributed by atoms with Gasteiger partial charge in [-0.2, -0.15) is 0 Å². The van der Waals surface area contributed by atoms with Crippen molar-refractivity contribution in [2.45, 2.75) is 24.8 Å². The van der Waals surface area contributed by atoms with Crippen molar-refractivity contribution in [3.05, 3.63) is 64.7 Å². The van der Waals surface area contributed by atoms with E-state index in [1.54, 1.807) is 37.9 Å². The zero-order chi connectivity index (χ0) is 15.4. The minimum Gasteiger partial charge on any atom is -0.309 e. The van der Waals surface area contributed by atoms with E-state index in [1.807, 2.05) is 24.3 Å². The van der Waals surface area contributed by atoms with E-state index in [1.165, 1.54) is 4.90 Å². The van der Waals surface area contributed by atoms with Crippen LogP contribution in [-0.4, -0.2) is 12.8 Å². The van der Waals surface area contributed by atoms with Gasteiger partial charge in [0.1, 0.15) is 0 Å². The standard InChI is InChI=1S/C17H19F2NS/c1-4-21-13-8-6-12(7-9-13)17(20-3)14-10-5-11(2)15(18)16(14)19/h5-10,17,20H,4H2,1-3H3. The Hall–Kier alpha value is -1.39. The molecule has 112 valence electrons. The lowest BCUT2D eigenvalue weighted by molar-refractivity contribution is 0.482. The molecule has 1 unspecified atom stereocenters. The highest BCUT2D eigenvalue weighted by atomic mass is 32.2. The molecule has 0 fully saturated rings. The maximum absolute atomic E-state index is 14.2. The highest BCUT2D eigenvalue weighted by Gasteiger charge is 2.19. The molecule has 0 amide bonds. The van der Waals surface area contributed by atoms with Crippen LogP contribution in [0.1, 0.15) is 29.7 Å². The van der Waals surface area contributed by atoms with Gasteiger partial charge < -0.3 is 5.32 Å². The van der Waals surface area contributed by atoms with E-state index in [2.05, 4.69) is 12.2 Å². The molecule has 1 nitrogen and oxygen atoms in total. The van der Waals surface area contributed by atoms with E-state index in [9.17, 15) is 8.78 Å². The molecule has 1 N–H and O–H groups in total. The van der Waals surface area contributed by atoms with Crippen LogP contribution in [0.4, 0.5) is 8.78 Å². The maximum Gasteiger partial charge on any atom is 0.164 e. The zero-order valence-electron chi connectivity index (χ0n) is 12.4. The molecule has 0 aliphatic carbocycles. The van der Waals surface area contributed by atoms with Gasteiger partial charge in [0, 0.05) is 10.5 Å². The summed E-state index contributed by atoms with van der Waals surface area (Å²) >= 11 is 1.75. The Morgan fingerprint density at radius 3 is 2.29 bits per heavy atom. The average Bonchev–Trinajstić information content (AvgIpc) is 2.50. The van der Waals surface area contributed by atoms with Gasteiger partial charge in [-0.25, -0.2) is 8.78 Å². The highest BCUT2D eigenvalue weighted by molar-refractivity contribution is 7.99. The Kier molecular flexibility index (Phi) is 5.37. The minimum absolute atomic E-state index is 0.320. The molecular weight excluding hydrogens is 288 g/mol. The number of nitrogens with one attached hydrogen (secondary N) is 1. The Balaban J connectivity index is 2.37. The molecule has 2 aromatic carbocycles. The molecule has 0 spiro atoms. The van der Waals surface area contributed by atoms with Gasteiger partial charge in [-0.3, -0.25) is 0 Å². The lowest BCUT2D eigenvalue weighted by atomic mass is 9.97. The maximum atomic E-state index is 14.2. The Morgan fingerprint density at radius 2 is 1.71 bits per heavy atom. The summed E-state index contributed by atoms with van der Waals surface area (Å²) in [6.45, 7) is 3.66. The molecule has 0 aliphatic rings. The molecule has 0 saturated heterocycles. The van der Waals surface area contributed by atoms with E-state index in [0.717, 1.165) is 11.3 Å². The summed E-state index contributed by atoms with van der Waals surface area (Å²) in [4.78, 5) is 1.17. The number of rotatable bonds is 5. The van der Waals surface area contributed by atoms with E-state index >= 15 is 0 Å². The third-order valence-corrected chi connectivity index (χ3v) is 4.32. The second-order valence-electron chi connectivity index (χ2n) is 4.82. The second kappa shape index (κ2) is 7.05. The van der Waals surface area contributed by atoms with Crippen LogP contribution >= 0.6 is 11.8 Å². The third kappa shape index (κ3) is 3.44. The van der Waals surface area contributed by atoms with Gasteiger partial charge in [0.15, 0.2) is 11.6 Å². The van der Waals surface area contributed by atoms with Gasteiger partial charge >= 0.3 is 0 Å². The molecule has 1 atom stereocenters. The Labute approximate surface area is 128 Å². The molecule has 0 aromatic heterocycles. The van der Waals surface area contributed by atoms with Crippen molar-refractivity contribution in [1.82, 2.24) is 5.32 Å². The van der Waals surface area contributed by atoms with Crippen molar-refractivity contribution in [2.75, 3.05) is 12.8 Å². The molecular formula is C17H19F2NS. The number of hydrogen-bond donors (Lipinski definition) is 1.